The SMILES string of the molecule is CC(C)C(C#N)C(=O)N(C)C1CCCCCC1. The molecule has 0 aromatic heterocycles. The van der Waals surface area contributed by atoms with Crippen molar-refractivity contribution in [1.82, 2.24) is 4.90 Å². The van der Waals surface area contributed by atoms with E-state index >= 15 is 0 Å². The first-order chi connectivity index (χ1) is 8.07. The van der Waals surface area contributed by atoms with Crippen LogP contribution in [0.4, 0.5) is 0 Å². The zero-order chi connectivity index (χ0) is 12.8. The first-order valence-electron chi connectivity index (χ1n) is 6.74. The normalized spacial score (nSPS) is 19.5. The molecule has 1 amide bonds. The van der Waals surface area contributed by atoms with Crippen LogP contribution in [0.2, 0.25) is 0 Å². The van der Waals surface area contributed by atoms with Gasteiger partial charge in [-0.3, -0.25) is 4.79 Å². The predicted octanol–water partition coefficient (Wildman–Crippen LogP) is 2.96. The summed E-state index contributed by atoms with van der Waals surface area (Å²) < 4.78 is 0. The van der Waals surface area contributed by atoms with Crippen molar-refractivity contribution in [3.63, 3.8) is 0 Å². The van der Waals surface area contributed by atoms with Gasteiger partial charge in [0.15, 0.2) is 0 Å². The molecule has 1 aliphatic carbocycles. The Labute approximate surface area is 105 Å². The zero-order valence-corrected chi connectivity index (χ0v) is 11.3. The molecule has 0 saturated heterocycles. The van der Waals surface area contributed by atoms with Crippen LogP contribution < -0.4 is 0 Å². The Morgan fingerprint density at radius 1 is 1.24 bits per heavy atom. The highest BCUT2D eigenvalue weighted by atomic mass is 16.2. The first kappa shape index (κ1) is 14.0. The van der Waals surface area contributed by atoms with Crippen LogP contribution in [0.1, 0.15) is 52.4 Å². The van der Waals surface area contributed by atoms with Crippen molar-refractivity contribution in [1.29, 1.82) is 5.26 Å². The van der Waals surface area contributed by atoms with Gasteiger partial charge in [0, 0.05) is 13.1 Å². The van der Waals surface area contributed by atoms with Gasteiger partial charge >= 0.3 is 0 Å². The molecule has 3 heteroatoms. The molecule has 96 valence electrons. The van der Waals surface area contributed by atoms with E-state index in [1.807, 2.05) is 25.8 Å². The fraction of sp³-hybridized carbons (Fsp3) is 0.857. The van der Waals surface area contributed by atoms with Crippen LogP contribution in [0.5, 0.6) is 0 Å². The van der Waals surface area contributed by atoms with Crippen LogP contribution in [-0.4, -0.2) is 23.9 Å². The Morgan fingerprint density at radius 3 is 2.18 bits per heavy atom. The highest BCUT2D eigenvalue weighted by Crippen LogP contribution is 2.23. The Morgan fingerprint density at radius 2 is 1.76 bits per heavy atom. The van der Waals surface area contributed by atoms with Gasteiger partial charge in [-0.1, -0.05) is 39.5 Å². The quantitative estimate of drug-likeness (QED) is 0.707. The number of carbonyl (C=O) groups excluding carboxylic acids is 1. The van der Waals surface area contributed by atoms with Crippen molar-refractivity contribution in [2.45, 2.75) is 58.4 Å². The van der Waals surface area contributed by atoms with E-state index in [2.05, 4.69) is 6.07 Å². The van der Waals surface area contributed by atoms with Crippen LogP contribution in [0, 0.1) is 23.2 Å². The Hall–Kier alpha value is -1.04. The summed E-state index contributed by atoms with van der Waals surface area (Å²) in [6.07, 6.45) is 7.17. The maximum absolute atomic E-state index is 12.2. The van der Waals surface area contributed by atoms with Crippen molar-refractivity contribution in [2.24, 2.45) is 11.8 Å². The summed E-state index contributed by atoms with van der Waals surface area (Å²) in [7, 11) is 1.87. The predicted molar refractivity (Wildman–Crippen MR) is 68.2 cm³/mol. The Kier molecular flexibility index (Phi) is 5.47. The second kappa shape index (κ2) is 6.64. The molecule has 1 aliphatic rings. The fourth-order valence-corrected chi connectivity index (χ4v) is 2.53. The van der Waals surface area contributed by atoms with Crippen molar-refractivity contribution in [3.8, 4) is 6.07 Å². The van der Waals surface area contributed by atoms with Gasteiger partial charge in [-0.25, -0.2) is 0 Å². The molecule has 0 bridgehead atoms. The number of carbonyl (C=O) groups is 1. The second-order valence-electron chi connectivity index (χ2n) is 5.45. The highest BCUT2D eigenvalue weighted by Gasteiger charge is 2.29. The number of hydrogen-bond acceptors (Lipinski definition) is 2. The third-order valence-electron chi connectivity index (χ3n) is 3.79. The lowest BCUT2D eigenvalue weighted by Gasteiger charge is -2.29. The van der Waals surface area contributed by atoms with E-state index in [-0.39, 0.29) is 11.8 Å². The van der Waals surface area contributed by atoms with Gasteiger partial charge in [0.2, 0.25) is 5.91 Å². The zero-order valence-electron chi connectivity index (χ0n) is 11.3. The highest BCUT2D eigenvalue weighted by molar-refractivity contribution is 5.81. The minimum absolute atomic E-state index is 0.00870. The first-order valence-corrected chi connectivity index (χ1v) is 6.74. The smallest absolute Gasteiger partial charge is 0.240 e. The molecule has 0 heterocycles. The summed E-state index contributed by atoms with van der Waals surface area (Å²) in [5.74, 6) is -0.376. The number of nitrogens with zero attached hydrogens (tertiary/aromatic N) is 2. The summed E-state index contributed by atoms with van der Waals surface area (Å²) in [6, 6.07) is 2.49. The van der Waals surface area contributed by atoms with Crippen molar-refractivity contribution >= 4 is 5.91 Å². The summed E-state index contributed by atoms with van der Waals surface area (Å²) in [6.45, 7) is 3.87. The van der Waals surface area contributed by atoms with Crippen LogP contribution in [-0.2, 0) is 4.79 Å². The van der Waals surface area contributed by atoms with E-state index in [1.165, 1.54) is 25.7 Å². The molecule has 0 aromatic rings. The second-order valence-corrected chi connectivity index (χ2v) is 5.45. The average molecular weight is 236 g/mol. The standard InChI is InChI=1S/C14H24N2O/c1-11(2)13(10-15)14(17)16(3)12-8-6-4-5-7-9-12/h11-13H,4-9H2,1-3H3. The van der Waals surface area contributed by atoms with Gasteiger partial charge in [0.25, 0.3) is 0 Å². The molecule has 0 aromatic carbocycles. The topological polar surface area (TPSA) is 44.1 Å². The summed E-state index contributed by atoms with van der Waals surface area (Å²) >= 11 is 0. The molecule has 17 heavy (non-hydrogen) atoms. The molecule has 0 N–H and O–H groups in total. The maximum Gasteiger partial charge on any atom is 0.240 e. The maximum atomic E-state index is 12.2. The van der Waals surface area contributed by atoms with Gasteiger partial charge in [-0.2, -0.15) is 5.26 Å². The molecule has 0 radical (unpaired) electrons. The largest absolute Gasteiger partial charge is 0.342 e. The molecule has 1 saturated carbocycles. The van der Waals surface area contributed by atoms with Gasteiger partial charge in [-0.05, 0) is 18.8 Å². The number of amides is 1. The Balaban J connectivity index is 2.64. The number of rotatable bonds is 3. The van der Waals surface area contributed by atoms with Crippen LogP contribution in [0.25, 0.3) is 0 Å². The lowest BCUT2D eigenvalue weighted by atomic mass is 9.95. The molecular weight excluding hydrogens is 212 g/mol. The minimum atomic E-state index is -0.483. The van der Waals surface area contributed by atoms with Gasteiger partial charge < -0.3 is 4.90 Å². The van der Waals surface area contributed by atoms with E-state index in [9.17, 15) is 4.79 Å². The van der Waals surface area contributed by atoms with E-state index < -0.39 is 5.92 Å². The monoisotopic (exact) mass is 236 g/mol. The molecule has 0 spiro atoms. The van der Waals surface area contributed by atoms with Crippen LogP contribution in [0.15, 0.2) is 0 Å². The van der Waals surface area contributed by atoms with E-state index in [0.717, 1.165) is 12.8 Å². The summed E-state index contributed by atoms with van der Waals surface area (Å²) in [5, 5.41) is 9.07. The van der Waals surface area contributed by atoms with Crippen molar-refractivity contribution in [2.75, 3.05) is 7.05 Å². The van der Waals surface area contributed by atoms with E-state index in [4.69, 9.17) is 5.26 Å². The third-order valence-corrected chi connectivity index (χ3v) is 3.79. The molecular formula is C14H24N2O. The summed E-state index contributed by atoms with van der Waals surface area (Å²) in [5.41, 5.74) is 0. The van der Waals surface area contributed by atoms with E-state index in [0.29, 0.717) is 6.04 Å². The molecule has 1 unspecified atom stereocenters. The van der Waals surface area contributed by atoms with Gasteiger partial charge in [-0.15, -0.1) is 0 Å². The van der Waals surface area contributed by atoms with Crippen molar-refractivity contribution < 1.29 is 4.79 Å². The molecule has 1 rings (SSSR count). The fourth-order valence-electron chi connectivity index (χ4n) is 2.53. The number of hydrogen-bond donors (Lipinski definition) is 0. The lowest BCUT2D eigenvalue weighted by Crippen LogP contribution is -2.41. The molecule has 1 fully saturated rings. The molecule has 3 nitrogen and oxygen atoms in total. The molecule has 0 aliphatic heterocycles. The van der Waals surface area contributed by atoms with Crippen LogP contribution in [0.3, 0.4) is 0 Å². The lowest BCUT2D eigenvalue weighted by molar-refractivity contribution is -0.135. The molecule has 1 atom stereocenters. The van der Waals surface area contributed by atoms with Crippen LogP contribution >= 0.6 is 0 Å². The van der Waals surface area contributed by atoms with Gasteiger partial charge in [0.05, 0.1) is 6.07 Å². The van der Waals surface area contributed by atoms with E-state index in [1.54, 1.807) is 0 Å². The average Bonchev–Trinajstić information content (AvgIpc) is 2.56. The minimum Gasteiger partial charge on any atom is -0.342 e. The van der Waals surface area contributed by atoms with Crippen molar-refractivity contribution in [3.05, 3.63) is 0 Å². The number of nitriles is 1. The third kappa shape index (κ3) is 3.73. The van der Waals surface area contributed by atoms with Gasteiger partial charge in [0.1, 0.15) is 5.92 Å². The summed E-state index contributed by atoms with van der Waals surface area (Å²) in [4.78, 5) is 14.1. The Bertz CT molecular complexity index is 285.